The first-order chi connectivity index (χ1) is 12.8. The maximum Gasteiger partial charge on any atom is 0.240 e. The Hall–Kier alpha value is -2.39. The molecule has 1 aromatic carbocycles. The van der Waals surface area contributed by atoms with E-state index in [0.717, 1.165) is 17.9 Å². The molecular formula is C18H27N5O3S. The first-order valence-electron chi connectivity index (χ1n) is 8.75. The highest BCUT2D eigenvalue weighted by molar-refractivity contribution is 7.89. The van der Waals surface area contributed by atoms with Crippen molar-refractivity contribution in [3.8, 4) is 5.75 Å². The molecule has 0 unspecified atom stereocenters. The fourth-order valence-corrected chi connectivity index (χ4v) is 4.00. The van der Waals surface area contributed by atoms with Crippen LogP contribution in [0.2, 0.25) is 0 Å². The molecule has 0 fully saturated rings. The van der Waals surface area contributed by atoms with Gasteiger partial charge in [-0.2, -0.15) is 0 Å². The summed E-state index contributed by atoms with van der Waals surface area (Å²) in [5.74, 6) is 2.69. The smallest absolute Gasteiger partial charge is 0.240 e. The van der Waals surface area contributed by atoms with Gasteiger partial charge >= 0.3 is 0 Å². The molecule has 0 aliphatic rings. The van der Waals surface area contributed by atoms with Gasteiger partial charge in [0.1, 0.15) is 23.2 Å². The quantitative estimate of drug-likeness (QED) is 0.561. The number of ether oxygens (including phenoxy) is 1. The molecule has 0 saturated heterocycles. The van der Waals surface area contributed by atoms with Gasteiger partial charge in [-0.25, -0.2) is 23.1 Å². The highest BCUT2D eigenvalue weighted by Crippen LogP contribution is 2.26. The number of methoxy groups -OCH3 is 1. The molecule has 1 heterocycles. The van der Waals surface area contributed by atoms with E-state index < -0.39 is 10.0 Å². The molecule has 2 rings (SSSR count). The molecule has 1 aromatic heterocycles. The third kappa shape index (κ3) is 5.30. The normalized spacial score (nSPS) is 11.3. The first kappa shape index (κ1) is 20.9. The zero-order valence-corrected chi connectivity index (χ0v) is 17.2. The van der Waals surface area contributed by atoms with Crippen molar-refractivity contribution in [3.63, 3.8) is 0 Å². The van der Waals surface area contributed by atoms with Crippen molar-refractivity contribution in [1.82, 2.24) is 14.7 Å². The number of aryl methyl sites for hydroxylation is 1. The highest BCUT2D eigenvalue weighted by Gasteiger charge is 2.19. The molecule has 0 aliphatic carbocycles. The Morgan fingerprint density at radius 3 is 2.30 bits per heavy atom. The number of nitrogens with zero attached hydrogens (tertiary/aromatic N) is 2. The van der Waals surface area contributed by atoms with Gasteiger partial charge in [-0.1, -0.05) is 0 Å². The topological polar surface area (TPSA) is 105 Å². The first-order valence-corrected chi connectivity index (χ1v) is 10.2. The van der Waals surface area contributed by atoms with Crippen molar-refractivity contribution in [2.45, 2.75) is 32.6 Å². The maximum absolute atomic E-state index is 12.6. The van der Waals surface area contributed by atoms with Crippen molar-refractivity contribution in [2.24, 2.45) is 0 Å². The Kier molecular flexibility index (Phi) is 6.98. The molecule has 8 nitrogen and oxygen atoms in total. The lowest BCUT2D eigenvalue weighted by Gasteiger charge is -2.14. The van der Waals surface area contributed by atoms with E-state index >= 15 is 0 Å². The standard InChI is InChI=1S/C18H27N5O3S/c1-6-19-17-11-18(23-14(4)22-17)20-9-10-21-27(24,25)16-8-7-15(26-5)12(2)13(16)3/h7-8,11,21H,6,9-10H2,1-5H3,(H2,19,20,22,23). The van der Waals surface area contributed by atoms with Gasteiger partial charge in [0.05, 0.1) is 12.0 Å². The third-order valence-electron chi connectivity index (χ3n) is 4.12. The number of anilines is 2. The van der Waals surface area contributed by atoms with Crippen LogP contribution in [-0.4, -0.2) is 45.1 Å². The predicted molar refractivity (Wildman–Crippen MR) is 107 cm³/mol. The molecule has 9 heteroatoms. The monoisotopic (exact) mass is 393 g/mol. The second-order valence-corrected chi connectivity index (χ2v) is 7.79. The molecule has 148 valence electrons. The largest absolute Gasteiger partial charge is 0.496 e. The Labute approximate surface area is 160 Å². The average Bonchev–Trinajstić information content (AvgIpc) is 2.60. The number of sulfonamides is 1. The third-order valence-corrected chi connectivity index (χ3v) is 5.72. The van der Waals surface area contributed by atoms with E-state index in [-0.39, 0.29) is 11.4 Å². The van der Waals surface area contributed by atoms with Crippen LogP contribution < -0.4 is 20.1 Å². The molecule has 0 radical (unpaired) electrons. The fourth-order valence-electron chi connectivity index (χ4n) is 2.67. The van der Waals surface area contributed by atoms with E-state index in [4.69, 9.17) is 4.74 Å². The van der Waals surface area contributed by atoms with Crippen molar-refractivity contribution < 1.29 is 13.2 Å². The summed E-state index contributed by atoms with van der Waals surface area (Å²) in [6.07, 6.45) is 0. The number of hydrogen-bond acceptors (Lipinski definition) is 7. The van der Waals surface area contributed by atoms with Gasteiger partial charge in [-0.3, -0.25) is 0 Å². The van der Waals surface area contributed by atoms with Crippen LogP contribution in [0, 0.1) is 20.8 Å². The summed E-state index contributed by atoms with van der Waals surface area (Å²) >= 11 is 0. The van der Waals surface area contributed by atoms with Gasteiger partial charge in [0.2, 0.25) is 10.0 Å². The minimum atomic E-state index is -3.61. The van der Waals surface area contributed by atoms with Crippen molar-refractivity contribution >= 4 is 21.7 Å². The second-order valence-electron chi connectivity index (χ2n) is 6.06. The molecule has 0 spiro atoms. The van der Waals surface area contributed by atoms with Crippen LogP contribution in [0.1, 0.15) is 23.9 Å². The zero-order chi connectivity index (χ0) is 20.0. The maximum atomic E-state index is 12.6. The van der Waals surface area contributed by atoms with Crippen LogP contribution in [-0.2, 0) is 10.0 Å². The summed E-state index contributed by atoms with van der Waals surface area (Å²) in [4.78, 5) is 8.84. The molecule has 0 amide bonds. The summed E-state index contributed by atoms with van der Waals surface area (Å²) in [5, 5.41) is 6.25. The van der Waals surface area contributed by atoms with Crippen molar-refractivity contribution in [3.05, 3.63) is 35.2 Å². The van der Waals surface area contributed by atoms with E-state index in [0.29, 0.717) is 29.5 Å². The van der Waals surface area contributed by atoms with E-state index in [1.165, 1.54) is 0 Å². The van der Waals surface area contributed by atoms with Crippen LogP contribution >= 0.6 is 0 Å². The lowest BCUT2D eigenvalue weighted by atomic mass is 10.1. The molecule has 0 bridgehead atoms. The number of rotatable bonds is 9. The van der Waals surface area contributed by atoms with Crippen LogP contribution in [0.4, 0.5) is 11.6 Å². The average molecular weight is 394 g/mol. The summed E-state index contributed by atoms with van der Waals surface area (Å²) in [6, 6.07) is 5.02. The molecule has 27 heavy (non-hydrogen) atoms. The molecule has 0 atom stereocenters. The molecule has 0 saturated carbocycles. The minimum absolute atomic E-state index is 0.229. The lowest BCUT2D eigenvalue weighted by Crippen LogP contribution is -2.29. The van der Waals surface area contributed by atoms with Gasteiger partial charge in [0.25, 0.3) is 0 Å². The molecule has 3 N–H and O–H groups in total. The number of benzene rings is 1. The van der Waals surface area contributed by atoms with E-state index in [2.05, 4.69) is 25.3 Å². The molecule has 0 aliphatic heterocycles. The van der Waals surface area contributed by atoms with Gasteiger partial charge in [0, 0.05) is 25.7 Å². The molecular weight excluding hydrogens is 366 g/mol. The number of hydrogen-bond donors (Lipinski definition) is 3. The van der Waals surface area contributed by atoms with Gasteiger partial charge in [0.15, 0.2) is 0 Å². The van der Waals surface area contributed by atoms with Gasteiger partial charge in [-0.05, 0) is 51.0 Å². The van der Waals surface area contributed by atoms with Gasteiger partial charge < -0.3 is 15.4 Å². The molecule has 2 aromatic rings. The summed E-state index contributed by atoms with van der Waals surface area (Å²) in [7, 11) is -2.04. The summed E-state index contributed by atoms with van der Waals surface area (Å²) in [6.45, 7) is 8.80. The Bertz CT molecular complexity index is 900. The highest BCUT2D eigenvalue weighted by atomic mass is 32.2. The second kappa shape index (κ2) is 9.01. The number of nitrogens with one attached hydrogen (secondary N) is 3. The Balaban J connectivity index is 2.00. The summed E-state index contributed by atoms with van der Waals surface area (Å²) < 4.78 is 33.0. The minimum Gasteiger partial charge on any atom is -0.496 e. The van der Waals surface area contributed by atoms with Crippen LogP contribution in [0.5, 0.6) is 5.75 Å². The zero-order valence-electron chi connectivity index (χ0n) is 16.4. The van der Waals surface area contributed by atoms with Crippen LogP contribution in [0.3, 0.4) is 0 Å². The van der Waals surface area contributed by atoms with E-state index in [1.807, 2.05) is 20.8 Å². The Morgan fingerprint density at radius 2 is 1.67 bits per heavy atom. The van der Waals surface area contributed by atoms with E-state index in [1.54, 1.807) is 32.2 Å². The van der Waals surface area contributed by atoms with Crippen LogP contribution in [0.15, 0.2) is 23.1 Å². The Morgan fingerprint density at radius 1 is 1.00 bits per heavy atom. The van der Waals surface area contributed by atoms with Crippen molar-refractivity contribution in [1.29, 1.82) is 0 Å². The van der Waals surface area contributed by atoms with Crippen LogP contribution in [0.25, 0.3) is 0 Å². The van der Waals surface area contributed by atoms with Crippen molar-refractivity contribution in [2.75, 3.05) is 37.4 Å². The SMILES string of the molecule is CCNc1cc(NCCNS(=O)(=O)c2ccc(OC)c(C)c2C)nc(C)n1. The predicted octanol–water partition coefficient (Wildman–Crippen LogP) is 2.23. The summed E-state index contributed by atoms with van der Waals surface area (Å²) in [5.41, 5.74) is 1.49. The fraction of sp³-hybridized carbons (Fsp3) is 0.444. The van der Waals surface area contributed by atoms with E-state index in [9.17, 15) is 8.42 Å². The number of aromatic nitrogens is 2. The lowest BCUT2D eigenvalue weighted by molar-refractivity contribution is 0.410. The van der Waals surface area contributed by atoms with Gasteiger partial charge in [-0.15, -0.1) is 0 Å².